The predicted molar refractivity (Wildman–Crippen MR) is 89.3 cm³/mol. The van der Waals surface area contributed by atoms with E-state index in [1.165, 1.54) is 5.56 Å². The monoisotopic (exact) mass is 318 g/mol. The third-order valence-corrected chi connectivity index (χ3v) is 4.35. The van der Waals surface area contributed by atoms with Crippen LogP contribution in [0.25, 0.3) is 0 Å². The first-order valence-electron chi connectivity index (χ1n) is 8.42. The number of carboxylic acid groups (broad SMARTS) is 1. The van der Waals surface area contributed by atoms with Crippen molar-refractivity contribution < 1.29 is 14.7 Å². The van der Waals surface area contributed by atoms with Gasteiger partial charge < -0.3 is 15.3 Å². The fourth-order valence-electron chi connectivity index (χ4n) is 3.10. The van der Waals surface area contributed by atoms with Gasteiger partial charge in [-0.3, -0.25) is 4.79 Å². The third kappa shape index (κ3) is 5.27. The minimum atomic E-state index is -0.808. The molecule has 0 saturated carbocycles. The molecule has 5 heteroatoms. The fourth-order valence-corrected chi connectivity index (χ4v) is 3.10. The highest BCUT2D eigenvalue weighted by Crippen LogP contribution is 2.17. The van der Waals surface area contributed by atoms with Crippen LogP contribution in [0.15, 0.2) is 30.3 Å². The lowest BCUT2D eigenvalue weighted by atomic mass is 9.98. The van der Waals surface area contributed by atoms with Crippen LogP contribution < -0.4 is 5.32 Å². The summed E-state index contributed by atoms with van der Waals surface area (Å²) >= 11 is 0. The minimum Gasteiger partial charge on any atom is -0.481 e. The van der Waals surface area contributed by atoms with Crippen LogP contribution in [-0.2, 0) is 11.2 Å². The summed E-state index contributed by atoms with van der Waals surface area (Å²) in [5, 5.41) is 12.2. The highest BCUT2D eigenvalue weighted by molar-refractivity contribution is 5.76. The smallest absolute Gasteiger partial charge is 0.317 e. The molecule has 1 heterocycles. The predicted octanol–water partition coefficient (Wildman–Crippen LogP) is 2.90. The van der Waals surface area contributed by atoms with Gasteiger partial charge in [-0.15, -0.1) is 0 Å². The Morgan fingerprint density at radius 2 is 2.09 bits per heavy atom. The van der Waals surface area contributed by atoms with Crippen LogP contribution in [0.3, 0.4) is 0 Å². The van der Waals surface area contributed by atoms with Crippen molar-refractivity contribution in [2.45, 2.75) is 45.1 Å². The molecule has 0 bridgehead atoms. The first-order chi connectivity index (χ1) is 11.1. The second-order valence-electron chi connectivity index (χ2n) is 6.25. The molecule has 2 atom stereocenters. The highest BCUT2D eigenvalue weighted by Gasteiger charge is 2.28. The summed E-state index contributed by atoms with van der Waals surface area (Å²) < 4.78 is 0. The van der Waals surface area contributed by atoms with E-state index in [-0.39, 0.29) is 12.1 Å². The van der Waals surface area contributed by atoms with Crippen molar-refractivity contribution in [3.8, 4) is 0 Å². The zero-order valence-electron chi connectivity index (χ0n) is 13.7. The van der Waals surface area contributed by atoms with E-state index >= 15 is 0 Å². The Morgan fingerprint density at radius 1 is 1.35 bits per heavy atom. The number of nitrogens with zero attached hydrogens (tertiary/aromatic N) is 1. The summed E-state index contributed by atoms with van der Waals surface area (Å²) in [4.78, 5) is 25.2. The lowest BCUT2D eigenvalue weighted by Gasteiger charge is -2.32. The number of carboxylic acids is 1. The Kier molecular flexibility index (Phi) is 6.44. The summed E-state index contributed by atoms with van der Waals surface area (Å²) in [6.07, 6.45) is 4.12. The molecule has 1 aromatic carbocycles. The Hall–Kier alpha value is -2.04. The number of benzene rings is 1. The van der Waals surface area contributed by atoms with E-state index in [9.17, 15) is 9.59 Å². The minimum absolute atomic E-state index is 0.0834. The number of hydrogen-bond acceptors (Lipinski definition) is 2. The van der Waals surface area contributed by atoms with Gasteiger partial charge in [-0.1, -0.05) is 43.7 Å². The van der Waals surface area contributed by atoms with Crippen molar-refractivity contribution in [3.63, 3.8) is 0 Å². The number of hydrogen-bond donors (Lipinski definition) is 2. The van der Waals surface area contributed by atoms with Crippen molar-refractivity contribution in [3.05, 3.63) is 35.9 Å². The van der Waals surface area contributed by atoms with Gasteiger partial charge in [0.2, 0.25) is 0 Å². The van der Waals surface area contributed by atoms with Crippen molar-refractivity contribution in [1.29, 1.82) is 0 Å². The molecule has 2 N–H and O–H groups in total. The number of nitrogens with one attached hydrogen (secondary N) is 1. The van der Waals surface area contributed by atoms with Crippen LogP contribution in [0.1, 0.15) is 38.2 Å². The lowest BCUT2D eigenvalue weighted by Crippen LogP contribution is -2.50. The summed E-state index contributed by atoms with van der Waals surface area (Å²) in [6, 6.07) is 10.1. The van der Waals surface area contributed by atoms with Gasteiger partial charge >= 0.3 is 12.0 Å². The highest BCUT2D eigenvalue weighted by atomic mass is 16.4. The number of piperidine rings is 1. The molecule has 126 valence electrons. The van der Waals surface area contributed by atoms with E-state index in [1.807, 2.05) is 18.2 Å². The van der Waals surface area contributed by atoms with Gasteiger partial charge in [-0.25, -0.2) is 4.79 Å². The molecule has 2 amide bonds. The molecular formula is C18H26N2O3. The number of amides is 2. The van der Waals surface area contributed by atoms with Crippen LogP contribution in [0.2, 0.25) is 0 Å². The maximum Gasteiger partial charge on any atom is 0.317 e. The summed E-state index contributed by atoms with van der Waals surface area (Å²) in [5.74, 6) is -1.25. The maximum absolute atomic E-state index is 12.5. The van der Waals surface area contributed by atoms with E-state index in [0.717, 1.165) is 25.7 Å². The number of rotatable bonds is 6. The van der Waals surface area contributed by atoms with Crippen LogP contribution in [0.5, 0.6) is 0 Å². The quantitative estimate of drug-likeness (QED) is 0.847. The second-order valence-corrected chi connectivity index (χ2v) is 6.25. The van der Waals surface area contributed by atoms with Gasteiger partial charge in [-0.05, 0) is 31.2 Å². The molecule has 23 heavy (non-hydrogen) atoms. The second kappa shape index (κ2) is 8.56. The number of likely N-dealkylation sites (tertiary alicyclic amines) is 1. The summed E-state index contributed by atoms with van der Waals surface area (Å²) in [6.45, 7) is 3.05. The van der Waals surface area contributed by atoms with Gasteiger partial charge in [0.25, 0.3) is 0 Å². The number of urea groups is 1. The van der Waals surface area contributed by atoms with E-state index in [0.29, 0.717) is 19.5 Å². The van der Waals surface area contributed by atoms with Crippen molar-refractivity contribution in [1.82, 2.24) is 10.2 Å². The van der Waals surface area contributed by atoms with Gasteiger partial charge in [0, 0.05) is 19.1 Å². The molecule has 1 aromatic rings. The number of carbonyl (C=O) groups excluding carboxylic acids is 1. The molecular weight excluding hydrogens is 292 g/mol. The molecule has 0 aliphatic carbocycles. The Morgan fingerprint density at radius 3 is 2.74 bits per heavy atom. The van der Waals surface area contributed by atoms with E-state index in [4.69, 9.17) is 5.11 Å². The molecule has 2 unspecified atom stereocenters. The molecule has 1 saturated heterocycles. The largest absolute Gasteiger partial charge is 0.481 e. The number of aliphatic carboxylic acids is 1. The maximum atomic E-state index is 12.5. The molecule has 0 radical (unpaired) electrons. The molecule has 1 aliphatic rings. The molecule has 0 spiro atoms. The van der Waals surface area contributed by atoms with Gasteiger partial charge in [-0.2, -0.15) is 0 Å². The van der Waals surface area contributed by atoms with Crippen molar-refractivity contribution >= 4 is 12.0 Å². The average molecular weight is 318 g/mol. The summed E-state index contributed by atoms with van der Waals surface area (Å²) in [5.41, 5.74) is 1.20. The fraction of sp³-hybridized carbons (Fsp3) is 0.556. The molecule has 1 aliphatic heterocycles. The number of carbonyl (C=O) groups is 2. The lowest BCUT2D eigenvalue weighted by molar-refractivity contribution is -0.143. The van der Waals surface area contributed by atoms with Crippen LogP contribution >= 0.6 is 0 Å². The average Bonchev–Trinajstić information content (AvgIpc) is 2.56. The standard InChI is InChI=1S/C18H26N2O3/c1-2-7-16(12-14-8-4-3-5-9-14)19-18(23)20-11-6-10-15(13-20)17(21)22/h3-5,8-9,15-16H,2,6-7,10-13H2,1H3,(H,19,23)(H,21,22). The first-order valence-corrected chi connectivity index (χ1v) is 8.42. The molecule has 2 rings (SSSR count). The molecule has 1 fully saturated rings. The van der Waals surface area contributed by atoms with Crippen molar-refractivity contribution in [2.24, 2.45) is 5.92 Å². The van der Waals surface area contributed by atoms with Crippen LogP contribution in [0.4, 0.5) is 4.79 Å². The first kappa shape index (κ1) is 17.3. The zero-order valence-corrected chi connectivity index (χ0v) is 13.7. The van der Waals surface area contributed by atoms with E-state index in [1.54, 1.807) is 4.90 Å². The third-order valence-electron chi connectivity index (χ3n) is 4.35. The van der Waals surface area contributed by atoms with Gasteiger partial charge in [0.05, 0.1) is 5.92 Å². The van der Waals surface area contributed by atoms with Gasteiger partial charge in [0.15, 0.2) is 0 Å². The molecule has 5 nitrogen and oxygen atoms in total. The SMILES string of the molecule is CCCC(Cc1ccccc1)NC(=O)N1CCCC(C(=O)O)C1. The van der Waals surface area contributed by atoms with E-state index in [2.05, 4.69) is 24.4 Å². The Labute approximate surface area is 137 Å². The van der Waals surface area contributed by atoms with E-state index < -0.39 is 11.9 Å². The zero-order chi connectivity index (χ0) is 16.7. The Balaban J connectivity index is 1.93. The van der Waals surface area contributed by atoms with Crippen molar-refractivity contribution in [2.75, 3.05) is 13.1 Å². The Bertz CT molecular complexity index is 518. The van der Waals surface area contributed by atoms with Crippen LogP contribution in [0, 0.1) is 5.92 Å². The topological polar surface area (TPSA) is 69.6 Å². The van der Waals surface area contributed by atoms with Gasteiger partial charge in [0.1, 0.15) is 0 Å². The molecule has 0 aromatic heterocycles. The summed E-state index contributed by atoms with van der Waals surface area (Å²) in [7, 11) is 0. The normalized spacial score (nSPS) is 19.2. The van der Waals surface area contributed by atoms with Crippen LogP contribution in [-0.4, -0.2) is 41.1 Å².